The zero-order valence-corrected chi connectivity index (χ0v) is 16.9. The molecule has 0 atom stereocenters. The predicted octanol–water partition coefficient (Wildman–Crippen LogP) is 6.13. The van der Waals surface area contributed by atoms with E-state index in [2.05, 4.69) is 10.3 Å². The van der Waals surface area contributed by atoms with Gasteiger partial charge in [-0.1, -0.05) is 23.2 Å². The summed E-state index contributed by atoms with van der Waals surface area (Å²) in [6.07, 6.45) is 0. The van der Waals surface area contributed by atoms with Gasteiger partial charge >= 0.3 is 0 Å². The van der Waals surface area contributed by atoms with Crippen molar-refractivity contribution >= 4 is 45.9 Å². The summed E-state index contributed by atoms with van der Waals surface area (Å²) >= 11 is 12.0. The molecule has 4 aromatic rings. The Balaban J connectivity index is 1.39. The highest BCUT2D eigenvalue weighted by atomic mass is 35.5. The number of anilines is 1. The van der Waals surface area contributed by atoms with E-state index in [4.69, 9.17) is 32.4 Å². The third kappa shape index (κ3) is 4.53. The van der Waals surface area contributed by atoms with Crippen LogP contribution in [0.15, 0.2) is 65.1 Å². The molecule has 0 aliphatic heterocycles. The molecular weight excluding hydrogens is 411 g/mol. The van der Waals surface area contributed by atoms with E-state index >= 15 is 0 Å². The summed E-state index contributed by atoms with van der Waals surface area (Å²) in [5.41, 5.74) is 3.69. The molecule has 0 aliphatic rings. The highest BCUT2D eigenvalue weighted by molar-refractivity contribution is 6.31. The van der Waals surface area contributed by atoms with Gasteiger partial charge < -0.3 is 14.5 Å². The van der Waals surface area contributed by atoms with Crippen LogP contribution in [0.4, 0.5) is 5.69 Å². The van der Waals surface area contributed by atoms with Gasteiger partial charge in [-0.25, -0.2) is 4.98 Å². The molecule has 0 aliphatic carbocycles. The average Bonchev–Trinajstić information content (AvgIpc) is 3.12. The second kappa shape index (κ2) is 8.15. The molecule has 0 unspecified atom stereocenters. The molecule has 1 N–H and O–H groups in total. The number of aryl methyl sites for hydroxylation is 1. The van der Waals surface area contributed by atoms with Crippen molar-refractivity contribution in [2.45, 2.75) is 6.92 Å². The van der Waals surface area contributed by atoms with Crippen LogP contribution in [0.1, 0.15) is 5.56 Å². The van der Waals surface area contributed by atoms with Crippen LogP contribution < -0.4 is 10.1 Å². The molecule has 0 bridgehead atoms. The summed E-state index contributed by atoms with van der Waals surface area (Å²) < 4.78 is 11.3. The number of oxazole rings is 1. The third-order valence-corrected chi connectivity index (χ3v) is 4.92. The van der Waals surface area contributed by atoms with Crippen LogP contribution in [-0.2, 0) is 4.79 Å². The van der Waals surface area contributed by atoms with E-state index in [0.717, 1.165) is 11.1 Å². The maximum atomic E-state index is 12.1. The number of benzene rings is 3. The van der Waals surface area contributed by atoms with Crippen molar-refractivity contribution in [1.29, 1.82) is 0 Å². The average molecular weight is 427 g/mol. The first-order valence-electron chi connectivity index (χ1n) is 8.83. The van der Waals surface area contributed by atoms with Crippen molar-refractivity contribution in [1.82, 2.24) is 4.98 Å². The van der Waals surface area contributed by atoms with Crippen LogP contribution in [0.3, 0.4) is 0 Å². The second-order valence-corrected chi connectivity index (χ2v) is 7.30. The van der Waals surface area contributed by atoms with Crippen molar-refractivity contribution in [2.75, 3.05) is 11.9 Å². The zero-order chi connectivity index (χ0) is 20.4. The number of halogens is 2. The number of nitrogens with zero attached hydrogens (tertiary/aromatic N) is 1. The van der Waals surface area contributed by atoms with Gasteiger partial charge in [0, 0.05) is 21.3 Å². The molecule has 7 heteroatoms. The fourth-order valence-electron chi connectivity index (χ4n) is 2.77. The van der Waals surface area contributed by atoms with Crippen molar-refractivity contribution in [3.8, 4) is 17.2 Å². The maximum Gasteiger partial charge on any atom is 0.262 e. The highest BCUT2D eigenvalue weighted by Crippen LogP contribution is 2.27. The van der Waals surface area contributed by atoms with Crippen molar-refractivity contribution in [2.24, 2.45) is 0 Å². The van der Waals surface area contributed by atoms with Gasteiger partial charge in [-0.05, 0) is 73.2 Å². The molecule has 5 nitrogen and oxygen atoms in total. The van der Waals surface area contributed by atoms with Crippen molar-refractivity contribution < 1.29 is 13.9 Å². The summed E-state index contributed by atoms with van der Waals surface area (Å²) in [4.78, 5) is 16.6. The first-order valence-corrected chi connectivity index (χ1v) is 9.59. The molecule has 1 aromatic heterocycles. The molecule has 4 rings (SSSR count). The van der Waals surface area contributed by atoms with Gasteiger partial charge in [0.2, 0.25) is 5.89 Å². The molecule has 3 aromatic carbocycles. The largest absolute Gasteiger partial charge is 0.484 e. The fraction of sp³-hybridized carbons (Fsp3) is 0.0909. The molecular formula is C22H16Cl2N2O3. The van der Waals surface area contributed by atoms with E-state index < -0.39 is 0 Å². The number of aromatic nitrogens is 1. The van der Waals surface area contributed by atoms with Crippen LogP contribution >= 0.6 is 23.2 Å². The normalized spacial score (nSPS) is 10.9. The predicted molar refractivity (Wildman–Crippen MR) is 115 cm³/mol. The number of fused-ring (bicyclic) bond motifs is 1. The Labute approximate surface area is 177 Å². The number of amides is 1. The van der Waals surface area contributed by atoms with Gasteiger partial charge in [0.15, 0.2) is 12.2 Å². The van der Waals surface area contributed by atoms with Crippen molar-refractivity contribution in [3.63, 3.8) is 0 Å². The first kappa shape index (κ1) is 19.3. The smallest absolute Gasteiger partial charge is 0.262 e. The van der Waals surface area contributed by atoms with E-state index in [0.29, 0.717) is 38.5 Å². The number of hydrogen-bond acceptors (Lipinski definition) is 4. The Morgan fingerprint density at radius 3 is 2.62 bits per heavy atom. The Bertz CT molecular complexity index is 1190. The van der Waals surface area contributed by atoms with Crippen LogP contribution in [0.25, 0.3) is 22.6 Å². The van der Waals surface area contributed by atoms with Crippen LogP contribution in [0.5, 0.6) is 5.75 Å². The molecule has 1 amide bonds. The number of rotatable bonds is 5. The minimum absolute atomic E-state index is 0.102. The summed E-state index contributed by atoms with van der Waals surface area (Å²) in [7, 11) is 0. The number of ether oxygens (including phenoxy) is 1. The number of hydrogen-bond donors (Lipinski definition) is 1. The first-order chi connectivity index (χ1) is 14.0. The summed E-state index contributed by atoms with van der Waals surface area (Å²) in [6.45, 7) is 1.77. The van der Waals surface area contributed by atoms with Gasteiger partial charge in [-0.3, -0.25) is 4.79 Å². The summed E-state index contributed by atoms with van der Waals surface area (Å²) in [5, 5.41) is 4.05. The third-order valence-electron chi connectivity index (χ3n) is 4.26. The number of nitrogens with one attached hydrogen (secondary N) is 1. The number of carbonyl (C=O) groups is 1. The molecule has 1 heterocycles. The lowest BCUT2D eigenvalue weighted by molar-refractivity contribution is -0.118. The molecule has 29 heavy (non-hydrogen) atoms. The Kier molecular flexibility index (Phi) is 5.43. The van der Waals surface area contributed by atoms with Gasteiger partial charge in [0.05, 0.1) is 0 Å². The lowest BCUT2D eigenvalue weighted by Gasteiger charge is -2.09. The molecule has 0 saturated carbocycles. The minimum Gasteiger partial charge on any atom is -0.484 e. The Hall–Kier alpha value is -3.02. The maximum absolute atomic E-state index is 12.1. The van der Waals surface area contributed by atoms with E-state index in [1.54, 1.807) is 48.5 Å². The van der Waals surface area contributed by atoms with Gasteiger partial charge in [-0.2, -0.15) is 0 Å². The topological polar surface area (TPSA) is 64.4 Å². The lowest BCUT2D eigenvalue weighted by atomic mass is 10.2. The second-order valence-electron chi connectivity index (χ2n) is 6.46. The molecule has 0 spiro atoms. The van der Waals surface area contributed by atoms with Crippen molar-refractivity contribution in [3.05, 3.63) is 76.3 Å². The standard InChI is InChI=1S/C22H16Cl2N2O3/c1-13-10-17(7-8-18(13)24)28-12-21(27)25-16-5-2-14(3-6-16)22-26-19-11-15(23)4-9-20(19)29-22/h2-11H,12H2,1H3,(H,25,27). The molecule has 146 valence electrons. The zero-order valence-electron chi connectivity index (χ0n) is 15.4. The minimum atomic E-state index is -0.262. The highest BCUT2D eigenvalue weighted by Gasteiger charge is 2.10. The van der Waals surface area contributed by atoms with Crippen LogP contribution in [0.2, 0.25) is 10.0 Å². The van der Waals surface area contributed by atoms with Gasteiger partial charge in [0.1, 0.15) is 11.3 Å². The van der Waals surface area contributed by atoms with E-state index in [-0.39, 0.29) is 12.5 Å². The molecule has 0 fully saturated rings. The molecule has 0 saturated heterocycles. The Morgan fingerprint density at radius 2 is 1.86 bits per heavy atom. The van der Waals surface area contributed by atoms with Crippen LogP contribution in [-0.4, -0.2) is 17.5 Å². The molecule has 0 radical (unpaired) electrons. The van der Waals surface area contributed by atoms with E-state index in [1.165, 1.54) is 0 Å². The quantitative estimate of drug-likeness (QED) is 0.416. The van der Waals surface area contributed by atoms with E-state index in [9.17, 15) is 4.79 Å². The van der Waals surface area contributed by atoms with Gasteiger partial charge in [0.25, 0.3) is 5.91 Å². The summed E-state index contributed by atoms with van der Waals surface area (Å²) in [5.74, 6) is 0.817. The lowest BCUT2D eigenvalue weighted by Crippen LogP contribution is -2.20. The van der Waals surface area contributed by atoms with Gasteiger partial charge in [-0.15, -0.1) is 0 Å². The monoisotopic (exact) mass is 426 g/mol. The SMILES string of the molecule is Cc1cc(OCC(=O)Nc2ccc(-c3nc4cc(Cl)ccc4o3)cc2)ccc1Cl. The fourth-order valence-corrected chi connectivity index (χ4v) is 3.06. The number of carbonyl (C=O) groups excluding carboxylic acids is 1. The van der Waals surface area contributed by atoms with Crippen LogP contribution in [0, 0.1) is 6.92 Å². The van der Waals surface area contributed by atoms with E-state index in [1.807, 2.05) is 19.1 Å². The summed E-state index contributed by atoms with van der Waals surface area (Å²) in [6, 6.07) is 17.8. The Morgan fingerprint density at radius 1 is 1.07 bits per heavy atom.